The second-order valence-electron chi connectivity index (χ2n) is 13.5. The number of fused-ring (bicyclic) bond motifs is 3. The molecular weight excluding hydrogens is 793 g/mol. The molecule has 22 heteroatoms. The lowest BCUT2D eigenvalue weighted by Crippen LogP contribution is -2.80. The molecule has 19 nitrogen and oxygen atoms in total. The van der Waals surface area contributed by atoms with Gasteiger partial charge in [0.2, 0.25) is 23.1 Å². The van der Waals surface area contributed by atoms with E-state index in [1.165, 1.54) is 42.3 Å². The summed E-state index contributed by atoms with van der Waals surface area (Å²) in [5, 5.41) is 14.6. The molecule has 4 fully saturated rings. The summed E-state index contributed by atoms with van der Waals surface area (Å²) in [5.41, 5.74) is 0. The molecule has 2 N–H and O–H groups in total. The second kappa shape index (κ2) is 16.7. The molecule has 0 aromatic heterocycles. The van der Waals surface area contributed by atoms with Crippen molar-refractivity contribution in [2.24, 2.45) is 0 Å². The molecule has 0 unspecified atom stereocenters. The van der Waals surface area contributed by atoms with Crippen LogP contribution in [0.4, 0.5) is 0 Å². The molecule has 4 aliphatic rings. The zero-order chi connectivity index (χ0) is 40.8. The molecule has 0 aromatic rings. The van der Waals surface area contributed by atoms with Gasteiger partial charge in [0.1, 0.15) is 55.4 Å². The molecule has 15 atom stereocenters. The lowest BCUT2D eigenvalue weighted by Gasteiger charge is -2.62. The van der Waals surface area contributed by atoms with Gasteiger partial charge in [-0.1, -0.05) is 34.8 Å². The summed E-state index contributed by atoms with van der Waals surface area (Å²) < 4.78 is 75.2. The summed E-state index contributed by atoms with van der Waals surface area (Å²) in [5.74, 6) is -10.2. The number of alkyl halides is 3. The van der Waals surface area contributed by atoms with Crippen molar-refractivity contribution in [1.82, 2.24) is 5.32 Å². The van der Waals surface area contributed by atoms with Crippen molar-refractivity contribution in [3.63, 3.8) is 0 Å². The van der Waals surface area contributed by atoms with Crippen LogP contribution in [0.25, 0.3) is 0 Å². The number of aliphatic hydroxyl groups excluding tert-OH is 1. The van der Waals surface area contributed by atoms with E-state index in [0.717, 1.165) is 20.8 Å². The number of nitrogens with one attached hydrogen (secondary N) is 1. The lowest BCUT2D eigenvalue weighted by molar-refractivity contribution is -0.513. The molecule has 1 saturated carbocycles. The number of ether oxygens (including phenoxy) is 13. The number of hydrogen-bond donors (Lipinski definition) is 2. The van der Waals surface area contributed by atoms with Gasteiger partial charge in [-0.15, -0.1) is 0 Å². The van der Waals surface area contributed by atoms with Gasteiger partial charge in [-0.05, 0) is 27.7 Å². The van der Waals surface area contributed by atoms with Crippen molar-refractivity contribution < 1.29 is 85.9 Å². The van der Waals surface area contributed by atoms with Crippen LogP contribution in [-0.2, 0) is 80.8 Å². The van der Waals surface area contributed by atoms with Crippen molar-refractivity contribution in [3.8, 4) is 0 Å². The fourth-order valence-corrected chi connectivity index (χ4v) is 6.96. The van der Waals surface area contributed by atoms with Crippen LogP contribution in [0.2, 0.25) is 0 Å². The molecule has 0 radical (unpaired) electrons. The van der Waals surface area contributed by atoms with Gasteiger partial charge < -0.3 is 72.0 Å². The first-order valence-electron chi connectivity index (χ1n) is 16.7. The third-order valence-electron chi connectivity index (χ3n) is 10.2. The fourth-order valence-electron chi connectivity index (χ4n) is 6.79. The molecule has 3 heterocycles. The van der Waals surface area contributed by atoms with Crippen molar-refractivity contribution >= 4 is 58.6 Å². The van der Waals surface area contributed by atoms with E-state index in [1.807, 2.05) is 0 Å². The summed E-state index contributed by atoms with van der Waals surface area (Å²) in [7, 11) is 5.44. The first kappa shape index (κ1) is 45.0. The number of carbonyl (C=O) groups excluding carboxylic acids is 4. The first-order valence-corrected chi connectivity index (χ1v) is 17.8. The smallest absolute Gasteiger partial charge is 0.303 e. The summed E-state index contributed by atoms with van der Waals surface area (Å²) in [4.78, 5) is 50.0. The quantitative estimate of drug-likeness (QED) is 0.167. The van der Waals surface area contributed by atoms with E-state index in [2.05, 4.69) is 5.32 Å². The number of esters is 3. The predicted octanol–water partition coefficient (Wildman–Crippen LogP) is 0.771. The van der Waals surface area contributed by atoms with Crippen LogP contribution in [0, 0.1) is 0 Å². The monoisotopic (exact) mass is 839 g/mol. The first-order chi connectivity index (χ1) is 24.9. The molecule has 310 valence electrons. The Balaban J connectivity index is 1.88. The maximum absolute atomic E-state index is 13.2. The maximum Gasteiger partial charge on any atom is 0.303 e. The molecule has 0 bridgehead atoms. The van der Waals surface area contributed by atoms with E-state index in [4.69, 9.17) is 96.4 Å². The van der Waals surface area contributed by atoms with Gasteiger partial charge in [-0.25, -0.2) is 0 Å². The van der Waals surface area contributed by atoms with Crippen molar-refractivity contribution in [3.05, 3.63) is 0 Å². The molecule has 54 heavy (non-hydrogen) atoms. The van der Waals surface area contributed by atoms with Crippen molar-refractivity contribution in [1.29, 1.82) is 0 Å². The molecular formula is C32H48Cl3NO18. The minimum absolute atomic E-state index is 0.563. The standard InChI is InChI=1S/C32H48Cl3NO18/c1-13(37)46-12-16-19(47-14(2)38)20(48-15(3)39)17(36-27(41)32(33,34)35)26(49-16)50-21-18(40)22-24(53-29(5,43-9)28(4,42-8)51-22)25-23(21)52-30(6,44-10)31(7,45-11)54-25/h16-26,40H,12H2,1-11H3,(H,36,41)/t16-,17-,18+,19-,20-,21+,22+,23+,24-,25-,26+,28-,29-,30-,31-/m1/s1. The van der Waals surface area contributed by atoms with Gasteiger partial charge in [0.25, 0.3) is 9.70 Å². The van der Waals surface area contributed by atoms with Gasteiger partial charge in [0.15, 0.2) is 18.5 Å². The van der Waals surface area contributed by atoms with E-state index in [0.29, 0.717) is 0 Å². The van der Waals surface area contributed by atoms with E-state index in [1.54, 1.807) is 13.8 Å². The van der Waals surface area contributed by atoms with Gasteiger partial charge in [0.05, 0.1) is 0 Å². The zero-order valence-corrected chi connectivity index (χ0v) is 33.8. The third-order valence-corrected chi connectivity index (χ3v) is 10.7. The Morgan fingerprint density at radius 1 is 0.667 bits per heavy atom. The van der Waals surface area contributed by atoms with E-state index in [-0.39, 0.29) is 0 Å². The lowest BCUT2D eigenvalue weighted by atomic mass is 9.80. The van der Waals surface area contributed by atoms with Gasteiger partial charge in [0, 0.05) is 49.2 Å². The number of aliphatic hydroxyl groups is 1. The number of hydrogen-bond acceptors (Lipinski definition) is 18. The highest BCUT2D eigenvalue weighted by molar-refractivity contribution is 6.76. The van der Waals surface area contributed by atoms with E-state index >= 15 is 0 Å². The van der Waals surface area contributed by atoms with Crippen molar-refractivity contribution in [2.75, 3.05) is 35.0 Å². The molecule has 0 spiro atoms. The predicted molar refractivity (Wildman–Crippen MR) is 181 cm³/mol. The third kappa shape index (κ3) is 8.59. The van der Waals surface area contributed by atoms with Gasteiger partial charge in [-0.3, -0.25) is 19.2 Å². The van der Waals surface area contributed by atoms with Crippen LogP contribution >= 0.6 is 34.8 Å². The Morgan fingerprint density at radius 2 is 1.09 bits per heavy atom. The molecule has 3 saturated heterocycles. The minimum Gasteiger partial charge on any atom is -0.463 e. The van der Waals surface area contributed by atoms with Gasteiger partial charge >= 0.3 is 17.9 Å². The average molecular weight is 841 g/mol. The minimum atomic E-state index is -2.57. The van der Waals surface area contributed by atoms with Crippen LogP contribution in [0.3, 0.4) is 0 Å². The fraction of sp³-hybridized carbons (Fsp3) is 0.875. The summed E-state index contributed by atoms with van der Waals surface area (Å²) >= 11 is 17.7. The Morgan fingerprint density at radius 3 is 1.52 bits per heavy atom. The van der Waals surface area contributed by atoms with Crippen LogP contribution in [0.15, 0.2) is 0 Å². The number of amides is 1. The summed E-state index contributed by atoms with van der Waals surface area (Å²) in [6.45, 7) is 8.86. The van der Waals surface area contributed by atoms with Crippen LogP contribution in [0.1, 0.15) is 48.5 Å². The van der Waals surface area contributed by atoms with Crippen LogP contribution < -0.4 is 5.32 Å². The topological polar surface area (TPSA) is 221 Å². The number of halogens is 3. The number of methoxy groups -OCH3 is 4. The Kier molecular flexibility index (Phi) is 13.9. The summed E-state index contributed by atoms with van der Waals surface area (Å²) in [6.07, 6.45) is -14.6. The average Bonchev–Trinajstić information content (AvgIpc) is 3.08. The normalized spacial score (nSPS) is 43.6. The molecule has 1 amide bonds. The number of carbonyl (C=O) groups is 4. The highest BCUT2D eigenvalue weighted by atomic mass is 35.6. The SMILES string of the molecule is CO[C@]1(C)O[C@@H]2[C@@H](O[C@@]1(C)OC)[C@@H](O[C@@H]1O[C@H](COC(C)=O)[C@@H](OC(C)=O)[C@H](OC(C)=O)[C@H]1NC(=O)C(Cl)(Cl)Cl)[C@H](O)[C@@H]1O[C@@](C)(OC)[C@](C)(OC)O[C@@H]21. The highest BCUT2D eigenvalue weighted by Crippen LogP contribution is 2.50. The van der Waals surface area contributed by atoms with Crippen LogP contribution in [-0.4, -0.2) is 158 Å². The molecule has 3 aliphatic heterocycles. The molecule has 4 rings (SSSR count). The maximum atomic E-state index is 13.2. The molecule has 0 aromatic carbocycles. The van der Waals surface area contributed by atoms with Crippen molar-refractivity contribution in [2.45, 2.75) is 143 Å². The van der Waals surface area contributed by atoms with Crippen LogP contribution in [0.5, 0.6) is 0 Å². The Bertz CT molecular complexity index is 1410. The second-order valence-corrected chi connectivity index (χ2v) is 15.8. The molecule has 1 aliphatic carbocycles. The van der Waals surface area contributed by atoms with Gasteiger partial charge in [-0.2, -0.15) is 0 Å². The Hall–Kier alpha value is -1.69. The number of rotatable bonds is 11. The van der Waals surface area contributed by atoms with E-state index in [9.17, 15) is 24.3 Å². The summed E-state index contributed by atoms with van der Waals surface area (Å²) in [6, 6.07) is -1.65. The van der Waals surface area contributed by atoms with E-state index < -0.39 is 125 Å². The Labute approximate surface area is 326 Å². The highest BCUT2D eigenvalue weighted by Gasteiger charge is 2.70. The zero-order valence-electron chi connectivity index (χ0n) is 31.6. The largest absolute Gasteiger partial charge is 0.463 e.